The predicted molar refractivity (Wildman–Crippen MR) is 66.3 cm³/mol. The molecule has 0 aliphatic carbocycles. The lowest BCUT2D eigenvalue weighted by atomic mass is 10.3. The maximum atomic E-state index is 13.5. The number of hydrogen-bond donors (Lipinski definition) is 2. The molecule has 0 unspecified atom stereocenters. The molecule has 0 spiro atoms. The molecule has 1 rings (SSSR count). The fourth-order valence-electron chi connectivity index (χ4n) is 1.34. The molecule has 0 saturated heterocycles. The van der Waals surface area contributed by atoms with E-state index in [9.17, 15) is 31.3 Å². The molecule has 0 aromatic heterocycles. The highest BCUT2D eigenvalue weighted by atomic mass is 31.2. The van der Waals surface area contributed by atoms with Crippen molar-refractivity contribution in [2.45, 2.75) is 19.9 Å². The van der Waals surface area contributed by atoms with Crippen molar-refractivity contribution >= 4 is 13.7 Å². The van der Waals surface area contributed by atoms with E-state index >= 15 is 0 Å². The number of carbonyl (C=O) groups is 1. The minimum Gasteiger partial charge on any atom is -0.480 e. The van der Waals surface area contributed by atoms with Crippen LogP contribution in [0.2, 0.25) is 0 Å². The van der Waals surface area contributed by atoms with Gasteiger partial charge in [-0.3, -0.25) is 9.32 Å². The van der Waals surface area contributed by atoms with Crippen molar-refractivity contribution in [3.8, 4) is 5.75 Å². The van der Waals surface area contributed by atoms with E-state index in [0.29, 0.717) is 0 Å². The van der Waals surface area contributed by atoms with Gasteiger partial charge in [0.1, 0.15) is 6.04 Å². The Labute approximate surface area is 126 Å². The Hall–Kier alpha value is -1.71. The molecule has 2 N–H and O–H groups in total. The Bertz CT molecular complexity index is 642. The van der Waals surface area contributed by atoms with Crippen LogP contribution in [-0.4, -0.2) is 23.7 Å². The molecule has 0 saturated carbocycles. The van der Waals surface area contributed by atoms with E-state index in [1.807, 2.05) is 0 Å². The summed E-state index contributed by atoms with van der Waals surface area (Å²) in [5.74, 6) is -15.2. The lowest BCUT2D eigenvalue weighted by Crippen LogP contribution is -2.33. The van der Waals surface area contributed by atoms with E-state index in [-0.39, 0.29) is 6.61 Å². The average molecular weight is 363 g/mol. The zero-order valence-corrected chi connectivity index (χ0v) is 12.6. The zero-order chi connectivity index (χ0) is 17.9. The molecule has 2 atom stereocenters. The SMILES string of the molecule is CCO[P@](=O)(N[C@@H](C)C(=O)O)Oc1c(F)c(F)c(F)c(F)c1F. The third kappa shape index (κ3) is 4.18. The van der Waals surface area contributed by atoms with Crippen molar-refractivity contribution in [2.75, 3.05) is 6.61 Å². The molecule has 1 aromatic carbocycles. The Balaban J connectivity index is 3.30. The molecule has 0 aliphatic heterocycles. The molecule has 0 radical (unpaired) electrons. The van der Waals surface area contributed by atoms with Gasteiger partial charge in [0, 0.05) is 0 Å². The molecule has 0 aliphatic rings. The Morgan fingerprint density at radius 1 is 1.13 bits per heavy atom. The molecule has 0 bridgehead atoms. The van der Waals surface area contributed by atoms with Crippen molar-refractivity contribution in [1.29, 1.82) is 0 Å². The first-order valence-electron chi connectivity index (χ1n) is 6.00. The third-order valence-electron chi connectivity index (χ3n) is 2.40. The Morgan fingerprint density at radius 2 is 1.57 bits per heavy atom. The second-order valence-corrected chi connectivity index (χ2v) is 5.79. The van der Waals surface area contributed by atoms with Gasteiger partial charge in [-0.25, -0.2) is 17.7 Å². The minimum absolute atomic E-state index is 0.369. The van der Waals surface area contributed by atoms with Crippen LogP contribution in [-0.2, 0) is 13.9 Å². The monoisotopic (exact) mass is 363 g/mol. The highest BCUT2D eigenvalue weighted by Gasteiger charge is 2.36. The molecule has 0 fully saturated rings. The van der Waals surface area contributed by atoms with E-state index in [4.69, 9.17) is 5.11 Å². The van der Waals surface area contributed by atoms with Gasteiger partial charge in [0.15, 0.2) is 0 Å². The van der Waals surface area contributed by atoms with Crippen LogP contribution in [0.15, 0.2) is 0 Å². The van der Waals surface area contributed by atoms with E-state index in [2.05, 4.69) is 9.05 Å². The lowest BCUT2D eigenvalue weighted by molar-refractivity contribution is -0.138. The van der Waals surface area contributed by atoms with Crippen LogP contribution in [0.1, 0.15) is 13.8 Å². The van der Waals surface area contributed by atoms with Crippen molar-refractivity contribution in [1.82, 2.24) is 5.09 Å². The average Bonchev–Trinajstić information content (AvgIpc) is 2.47. The van der Waals surface area contributed by atoms with Crippen LogP contribution in [0.3, 0.4) is 0 Å². The van der Waals surface area contributed by atoms with Crippen LogP contribution in [0.5, 0.6) is 5.75 Å². The summed E-state index contributed by atoms with van der Waals surface area (Å²) < 4.78 is 87.1. The number of hydrogen-bond acceptors (Lipinski definition) is 4. The van der Waals surface area contributed by atoms with E-state index < -0.39 is 54.6 Å². The second kappa shape index (κ2) is 7.24. The van der Waals surface area contributed by atoms with Crippen molar-refractivity contribution < 1.29 is 45.5 Å². The number of benzene rings is 1. The molecule has 0 amide bonds. The smallest absolute Gasteiger partial charge is 0.459 e. The molecule has 0 heterocycles. The van der Waals surface area contributed by atoms with Gasteiger partial charge in [-0.05, 0) is 13.8 Å². The van der Waals surface area contributed by atoms with Gasteiger partial charge in [-0.15, -0.1) is 0 Å². The van der Waals surface area contributed by atoms with Gasteiger partial charge in [0.2, 0.25) is 34.8 Å². The van der Waals surface area contributed by atoms with Crippen molar-refractivity contribution in [3.05, 3.63) is 29.1 Å². The summed E-state index contributed by atoms with van der Waals surface area (Å²) in [7, 11) is -4.73. The van der Waals surface area contributed by atoms with E-state index in [1.165, 1.54) is 6.92 Å². The zero-order valence-electron chi connectivity index (χ0n) is 11.7. The molecular weight excluding hydrogens is 352 g/mol. The summed E-state index contributed by atoms with van der Waals surface area (Å²) in [6, 6.07) is -1.56. The topological polar surface area (TPSA) is 84.9 Å². The van der Waals surface area contributed by atoms with Gasteiger partial charge in [-0.1, -0.05) is 0 Å². The van der Waals surface area contributed by atoms with Crippen LogP contribution in [0, 0.1) is 29.1 Å². The quantitative estimate of drug-likeness (QED) is 0.335. The van der Waals surface area contributed by atoms with Crippen LogP contribution in [0.25, 0.3) is 0 Å². The van der Waals surface area contributed by atoms with Gasteiger partial charge in [0.25, 0.3) is 0 Å². The molecular formula is C11H11F5NO5P. The highest BCUT2D eigenvalue weighted by molar-refractivity contribution is 7.52. The summed E-state index contributed by atoms with van der Waals surface area (Å²) in [4.78, 5) is 10.7. The normalized spacial score (nSPS) is 15.1. The number of halogens is 5. The van der Waals surface area contributed by atoms with Gasteiger partial charge in [0.05, 0.1) is 6.61 Å². The van der Waals surface area contributed by atoms with Crippen molar-refractivity contribution in [2.24, 2.45) is 0 Å². The minimum atomic E-state index is -4.73. The molecule has 130 valence electrons. The highest BCUT2D eigenvalue weighted by Crippen LogP contribution is 2.47. The predicted octanol–water partition coefficient (Wildman–Crippen LogP) is 2.97. The molecule has 1 aromatic rings. The largest absolute Gasteiger partial charge is 0.480 e. The first-order chi connectivity index (χ1) is 10.5. The van der Waals surface area contributed by atoms with Gasteiger partial charge in [-0.2, -0.15) is 13.9 Å². The Kier molecular flexibility index (Phi) is 6.09. The fraction of sp³-hybridized carbons (Fsp3) is 0.364. The van der Waals surface area contributed by atoms with Crippen molar-refractivity contribution in [3.63, 3.8) is 0 Å². The molecule has 23 heavy (non-hydrogen) atoms. The van der Waals surface area contributed by atoms with Crippen LogP contribution in [0.4, 0.5) is 22.0 Å². The van der Waals surface area contributed by atoms with E-state index in [0.717, 1.165) is 6.92 Å². The van der Waals surface area contributed by atoms with E-state index in [1.54, 1.807) is 5.09 Å². The number of nitrogens with one attached hydrogen (secondary N) is 1. The molecule has 6 nitrogen and oxygen atoms in total. The first-order valence-corrected chi connectivity index (χ1v) is 7.54. The summed E-state index contributed by atoms with van der Waals surface area (Å²) in [5, 5.41) is 10.5. The lowest BCUT2D eigenvalue weighted by Gasteiger charge is -2.21. The number of carboxylic acid groups (broad SMARTS) is 1. The summed E-state index contributed by atoms with van der Waals surface area (Å²) in [6.45, 7) is 1.91. The van der Waals surface area contributed by atoms with Gasteiger partial charge < -0.3 is 9.63 Å². The standard InChI is InChI=1S/C11H11F5NO5P/c1-3-21-23(20,17-4(2)11(18)19)22-10-8(15)6(13)5(12)7(14)9(10)16/h4H,3H2,1-2H3,(H,17,20)(H,18,19)/t4-,23+/m0/s1. The summed E-state index contributed by atoms with van der Waals surface area (Å²) in [6.07, 6.45) is 0. The van der Waals surface area contributed by atoms with Gasteiger partial charge >= 0.3 is 13.7 Å². The number of aliphatic carboxylic acids is 1. The van der Waals surface area contributed by atoms with Crippen LogP contribution >= 0.6 is 7.75 Å². The number of carboxylic acids is 1. The summed E-state index contributed by atoms with van der Waals surface area (Å²) >= 11 is 0. The first kappa shape index (κ1) is 19.3. The second-order valence-electron chi connectivity index (χ2n) is 4.09. The van der Waals surface area contributed by atoms with Crippen LogP contribution < -0.4 is 9.61 Å². The maximum absolute atomic E-state index is 13.5. The summed E-state index contributed by atoms with van der Waals surface area (Å²) in [5.41, 5.74) is 0. The maximum Gasteiger partial charge on any atom is 0.459 e. The molecule has 12 heteroatoms. The fourth-order valence-corrected chi connectivity index (χ4v) is 2.84. The third-order valence-corrected chi connectivity index (χ3v) is 4.13. The number of rotatable bonds is 7. The Morgan fingerprint density at radius 3 is 1.96 bits per heavy atom.